The number of hydrogen-bond donors (Lipinski definition) is 1. The number of nitrogens with zero attached hydrogens (tertiary/aromatic N) is 1. The van der Waals surface area contributed by atoms with Gasteiger partial charge in [0.2, 0.25) is 0 Å². The number of nitro benzene ring substituents is 1. The van der Waals surface area contributed by atoms with E-state index in [9.17, 15) is 14.9 Å². The second-order valence-corrected chi connectivity index (χ2v) is 4.49. The maximum Gasteiger partial charge on any atom is 0.311 e. The molecule has 7 nitrogen and oxygen atoms in total. The van der Waals surface area contributed by atoms with Gasteiger partial charge in [0.05, 0.1) is 18.1 Å². The van der Waals surface area contributed by atoms with Crippen molar-refractivity contribution in [3.05, 3.63) is 33.9 Å². The number of ether oxygens (including phenoxy) is 2. The number of rotatable bonds is 5. The number of hydrogen-bond acceptors (Lipinski definition) is 5. The van der Waals surface area contributed by atoms with Gasteiger partial charge in [0.25, 0.3) is 5.91 Å². The highest BCUT2D eigenvalue weighted by Gasteiger charge is 2.20. The third-order valence-corrected chi connectivity index (χ3v) is 3.15. The van der Waals surface area contributed by atoms with Crippen LogP contribution in [0.1, 0.15) is 23.2 Å². The Kier molecular flexibility index (Phi) is 4.52. The van der Waals surface area contributed by atoms with Crippen molar-refractivity contribution in [2.45, 2.75) is 18.9 Å². The zero-order valence-electron chi connectivity index (χ0n) is 11.1. The van der Waals surface area contributed by atoms with E-state index in [1.807, 2.05) is 0 Å². The van der Waals surface area contributed by atoms with Crippen LogP contribution in [0.2, 0.25) is 0 Å². The number of nitro groups is 1. The molecule has 1 aliphatic heterocycles. The fraction of sp³-hybridized carbons (Fsp3) is 0.462. The van der Waals surface area contributed by atoms with Crippen LogP contribution in [0, 0.1) is 10.1 Å². The van der Waals surface area contributed by atoms with Gasteiger partial charge in [-0.05, 0) is 25.0 Å². The highest BCUT2D eigenvalue weighted by molar-refractivity contribution is 5.95. The van der Waals surface area contributed by atoms with Crippen molar-refractivity contribution in [3.63, 3.8) is 0 Å². The van der Waals surface area contributed by atoms with E-state index in [0.717, 1.165) is 12.8 Å². The third kappa shape index (κ3) is 3.24. The molecule has 0 saturated carbocycles. The molecule has 20 heavy (non-hydrogen) atoms. The Hall–Kier alpha value is -2.15. The molecule has 1 aliphatic rings. The van der Waals surface area contributed by atoms with Crippen LogP contribution in [0.15, 0.2) is 18.2 Å². The maximum absolute atomic E-state index is 11.9. The van der Waals surface area contributed by atoms with Gasteiger partial charge in [-0.1, -0.05) is 0 Å². The molecule has 1 aromatic rings. The number of benzene rings is 1. The molecule has 1 atom stereocenters. The van der Waals surface area contributed by atoms with Crippen molar-refractivity contribution >= 4 is 11.6 Å². The van der Waals surface area contributed by atoms with Gasteiger partial charge in [0, 0.05) is 24.8 Å². The first-order chi connectivity index (χ1) is 9.61. The molecule has 1 amide bonds. The Morgan fingerprint density at radius 1 is 1.60 bits per heavy atom. The highest BCUT2D eigenvalue weighted by Crippen LogP contribution is 2.27. The summed E-state index contributed by atoms with van der Waals surface area (Å²) in [6.07, 6.45) is 1.95. The number of nitrogens with one attached hydrogen (secondary N) is 1. The lowest BCUT2D eigenvalue weighted by molar-refractivity contribution is -0.385. The van der Waals surface area contributed by atoms with E-state index in [0.29, 0.717) is 13.2 Å². The Labute approximate surface area is 116 Å². The molecule has 0 radical (unpaired) electrons. The summed E-state index contributed by atoms with van der Waals surface area (Å²) in [7, 11) is 1.35. The van der Waals surface area contributed by atoms with E-state index >= 15 is 0 Å². The van der Waals surface area contributed by atoms with E-state index in [-0.39, 0.29) is 29.0 Å². The predicted octanol–water partition coefficient (Wildman–Crippen LogP) is 1.51. The molecule has 1 N–H and O–H groups in total. The van der Waals surface area contributed by atoms with Crippen LogP contribution in [0.25, 0.3) is 0 Å². The standard InChI is InChI=1S/C13H16N2O5/c1-19-12-5-4-9(7-11(12)15(17)18)13(16)14-8-10-3-2-6-20-10/h4-5,7,10H,2-3,6,8H2,1H3,(H,14,16)/t10-/m0/s1. The summed E-state index contributed by atoms with van der Waals surface area (Å²) < 4.78 is 10.3. The van der Waals surface area contributed by atoms with Gasteiger partial charge in [0.1, 0.15) is 0 Å². The number of methoxy groups -OCH3 is 1. The molecule has 108 valence electrons. The molecule has 0 spiro atoms. The Bertz CT molecular complexity index is 511. The molecule has 0 aromatic heterocycles. The zero-order chi connectivity index (χ0) is 14.5. The van der Waals surface area contributed by atoms with Gasteiger partial charge >= 0.3 is 5.69 Å². The summed E-state index contributed by atoms with van der Waals surface area (Å²) in [5, 5.41) is 13.6. The van der Waals surface area contributed by atoms with Gasteiger partial charge in [0.15, 0.2) is 5.75 Å². The average Bonchev–Trinajstić information content (AvgIpc) is 2.97. The quantitative estimate of drug-likeness (QED) is 0.652. The molecule has 1 heterocycles. The Morgan fingerprint density at radius 2 is 2.40 bits per heavy atom. The Morgan fingerprint density at radius 3 is 3.00 bits per heavy atom. The van der Waals surface area contributed by atoms with Crippen LogP contribution < -0.4 is 10.1 Å². The van der Waals surface area contributed by atoms with Gasteiger partial charge < -0.3 is 14.8 Å². The average molecular weight is 280 g/mol. The first-order valence-corrected chi connectivity index (χ1v) is 6.34. The fourth-order valence-electron chi connectivity index (χ4n) is 2.09. The molecule has 0 aliphatic carbocycles. The van der Waals surface area contributed by atoms with Crippen LogP contribution in [0.5, 0.6) is 5.75 Å². The lowest BCUT2D eigenvalue weighted by Gasteiger charge is -2.11. The number of carbonyl (C=O) groups is 1. The predicted molar refractivity (Wildman–Crippen MR) is 71.0 cm³/mol. The van der Waals surface area contributed by atoms with Crippen LogP contribution in [0.4, 0.5) is 5.69 Å². The first kappa shape index (κ1) is 14.3. The van der Waals surface area contributed by atoms with Gasteiger partial charge in [-0.25, -0.2) is 0 Å². The van der Waals surface area contributed by atoms with Crippen LogP contribution >= 0.6 is 0 Å². The normalized spacial score (nSPS) is 17.8. The largest absolute Gasteiger partial charge is 0.490 e. The smallest absolute Gasteiger partial charge is 0.311 e. The SMILES string of the molecule is COc1ccc(C(=O)NC[C@@H]2CCCO2)cc1[N+](=O)[O-]. The van der Waals surface area contributed by atoms with Crippen LogP contribution in [0.3, 0.4) is 0 Å². The third-order valence-electron chi connectivity index (χ3n) is 3.15. The molecule has 0 bridgehead atoms. The summed E-state index contributed by atoms with van der Waals surface area (Å²) in [6.45, 7) is 1.13. The van der Waals surface area contributed by atoms with Crippen molar-refractivity contribution in [2.24, 2.45) is 0 Å². The van der Waals surface area contributed by atoms with E-state index in [4.69, 9.17) is 9.47 Å². The minimum absolute atomic E-state index is 0.0344. The Balaban J connectivity index is 2.05. The minimum Gasteiger partial charge on any atom is -0.490 e. The zero-order valence-corrected chi connectivity index (χ0v) is 11.1. The second kappa shape index (κ2) is 6.33. The van der Waals surface area contributed by atoms with Crippen molar-refractivity contribution in [2.75, 3.05) is 20.3 Å². The van der Waals surface area contributed by atoms with Gasteiger partial charge in [-0.2, -0.15) is 0 Å². The van der Waals surface area contributed by atoms with Crippen molar-refractivity contribution < 1.29 is 19.2 Å². The first-order valence-electron chi connectivity index (χ1n) is 6.34. The second-order valence-electron chi connectivity index (χ2n) is 4.49. The van der Waals surface area contributed by atoms with E-state index < -0.39 is 4.92 Å². The number of carbonyl (C=O) groups excluding carboxylic acids is 1. The summed E-state index contributed by atoms with van der Waals surface area (Å²) in [5.41, 5.74) is 0.00719. The van der Waals surface area contributed by atoms with Crippen molar-refractivity contribution in [1.29, 1.82) is 0 Å². The molecule has 2 rings (SSSR count). The number of amides is 1. The molecule has 7 heteroatoms. The highest BCUT2D eigenvalue weighted by atomic mass is 16.6. The lowest BCUT2D eigenvalue weighted by atomic mass is 10.1. The van der Waals surface area contributed by atoms with Crippen molar-refractivity contribution in [3.8, 4) is 5.75 Å². The van der Waals surface area contributed by atoms with E-state index in [2.05, 4.69) is 5.32 Å². The summed E-state index contributed by atoms with van der Waals surface area (Å²) in [4.78, 5) is 22.3. The van der Waals surface area contributed by atoms with E-state index in [1.54, 1.807) is 0 Å². The monoisotopic (exact) mass is 280 g/mol. The van der Waals surface area contributed by atoms with Crippen molar-refractivity contribution in [1.82, 2.24) is 5.32 Å². The van der Waals surface area contributed by atoms with Crippen LogP contribution in [-0.2, 0) is 4.74 Å². The van der Waals surface area contributed by atoms with E-state index in [1.165, 1.54) is 25.3 Å². The lowest BCUT2D eigenvalue weighted by Crippen LogP contribution is -2.31. The molecule has 1 fully saturated rings. The minimum atomic E-state index is -0.574. The van der Waals surface area contributed by atoms with Crippen LogP contribution in [-0.4, -0.2) is 37.2 Å². The molecular weight excluding hydrogens is 264 g/mol. The topological polar surface area (TPSA) is 90.7 Å². The summed E-state index contributed by atoms with van der Waals surface area (Å²) in [6, 6.07) is 4.12. The van der Waals surface area contributed by atoms with Gasteiger partial charge in [-0.15, -0.1) is 0 Å². The molecular formula is C13H16N2O5. The molecule has 1 aromatic carbocycles. The fourth-order valence-corrected chi connectivity index (χ4v) is 2.09. The summed E-state index contributed by atoms with van der Waals surface area (Å²) >= 11 is 0. The van der Waals surface area contributed by atoms with Gasteiger partial charge in [-0.3, -0.25) is 14.9 Å². The molecule has 0 unspecified atom stereocenters. The molecule has 1 saturated heterocycles. The maximum atomic E-state index is 11.9. The summed E-state index contributed by atoms with van der Waals surface area (Å²) in [5.74, 6) is -0.225.